The number of rotatable bonds is 5. The Morgan fingerprint density at radius 3 is 2.81 bits per heavy atom. The molecule has 0 saturated carbocycles. The molecule has 0 bridgehead atoms. The predicted octanol–water partition coefficient (Wildman–Crippen LogP) is 3.34. The molecule has 1 unspecified atom stereocenters. The number of sulfonamides is 1. The molecule has 136 valence electrons. The molecule has 1 atom stereocenters. The van der Waals surface area contributed by atoms with Crippen molar-refractivity contribution in [3.8, 4) is 17.7 Å². The lowest BCUT2D eigenvalue weighted by Crippen LogP contribution is -2.31. The predicted molar refractivity (Wildman–Crippen MR) is 99.2 cm³/mol. The Morgan fingerprint density at radius 2 is 2.08 bits per heavy atom. The van der Waals surface area contributed by atoms with Crippen LogP contribution in [0.15, 0.2) is 46.2 Å². The van der Waals surface area contributed by atoms with Crippen molar-refractivity contribution in [3.63, 3.8) is 0 Å². The topological polar surface area (TPSA) is 88.4 Å². The second-order valence-electron chi connectivity index (χ2n) is 5.57. The van der Waals surface area contributed by atoms with E-state index < -0.39 is 10.0 Å². The molecule has 9 heteroatoms. The van der Waals surface area contributed by atoms with E-state index in [1.807, 2.05) is 29.0 Å². The summed E-state index contributed by atoms with van der Waals surface area (Å²) < 4.78 is 38.0. The summed E-state index contributed by atoms with van der Waals surface area (Å²) in [5, 5.41) is 9.15. The quantitative estimate of drug-likeness (QED) is 0.462. The van der Waals surface area contributed by atoms with Crippen LogP contribution in [0.4, 0.5) is 0 Å². The minimum Gasteiger partial charge on any atom is -0.486 e. The zero-order valence-corrected chi connectivity index (χ0v) is 16.1. The first-order valence-corrected chi connectivity index (χ1v) is 10.5. The molecule has 2 aromatic rings. The van der Waals surface area contributed by atoms with Gasteiger partial charge >= 0.3 is 0 Å². The van der Waals surface area contributed by atoms with E-state index in [2.05, 4.69) is 0 Å². The molecule has 1 heterocycles. The Labute approximate surface area is 161 Å². The van der Waals surface area contributed by atoms with E-state index in [4.69, 9.17) is 26.3 Å². The molecule has 1 aliphatic rings. The molecular weight excluding hydrogens is 396 g/mol. The number of thioether (sulfide) groups is 1. The van der Waals surface area contributed by atoms with Gasteiger partial charge in [-0.15, -0.1) is 11.8 Å². The second-order valence-corrected chi connectivity index (χ2v) is 8.69. The zero-order valence-electron chi connectivity index (χ0n) is 13.7. The number of fused-ring (bicyclic) bond motifs is 1. The number of para-hydroxylation sites is 2. The highest BCUT2D eigenvalue weighted by Gasteiger charge is 2.24. The van der Waals surface area contributed by atoms with Crippen molar-refractivity contribution in [1.82, 2.24) is 4.72 Å². The third-order valence-corrected chi connectivity index (χ3v) is 6.69. The molecule has 3 rings (SSSR count). The third kappa shape index (κ3) is 4.01. The van der Waals surface area contributed by atoms with Gasteiger partial charge in [-0.25, -0.2) is 13.1 Å². The molecule has 26 heavy (non-hydrogen) atoms. The van der Waals surface area contributed by atoms with Gasteiger partial charge in [-0.2, -0.15) is 5.26 Å². The molecule has 0 amide bonds. The standard InChI is InChI=1S/C17H15ClN2O4S2/c1-11-6-17(26(21,22)20-10-19)16(7-13(11)18)25-9-12-8-23-14-4-2-3-5-15(14)24-12/h2-7,12,20H,8-9H2,1H3. The Bertz CT molecular complexity index is 973. The van der Waals surface area contributed by atoms with Crippen LogP contribution in [0.2, 0.25) is 5.02 Å². The Hall–Kier alpha value is -2.08. The number of ether oxygens (including phenoxy) is 2. The second kappa shape index (κ2) is 7.66. The molecule has 6 nitrogen and oxygen atoms in total. The van der Waals surface area contributed by atoms with Crippen LogP contribution in [0.3, 0.4) is 0 Å². The monoisotopic (exact) mass is 410 g/mol. The van der Waals surface area contributed by atoms with Crippen LogP contribution in [-0.2, 0) is 10.0 Å². The lowest BCUT2D eigenvalue weighted by Gasteiger charge is -2.26. The highest BCUT2D eigenvalue weighted by Crippen LogP contribution is 2.35. The molecule has 0 fully saturated rings. The summed E-state index contributed by atoms with van der Waals surface area (Å²) in [4.78, 5) is 0.467. The summed E-state index contributed by atoms with van der Waals surface area (Å²) >= 11 is 7.44. The highest BCUT2D eigenvalue weighted by atomic mass is 35.5. The number of hydrogen-bond donors (Lipinski definition) is 1. The maximum atomic E-state index is 12.3. The van der Waals surface area contributed by atoms with Crippen molar-refractivity contribution in [2.45, 2.75) is 22.8 Å². The van der Waals surface area contributed by atoms with Crippen molar-refractivity contribution < 1.29 is 17.9 Å². The summed E-state index contributed by atoms with van der Waals surface area (Å²) in [5.74, 6) is 1.81. The number of aryl methyl sites for hydroxylation is 1. The van der Waals surface area contributed by atoms with Crippen molar-refractivity contribution in [2.24, 2.45) is 0 Å². The van der Waals surface area contributed by atoms with Gasteiger partial charge in [0.1, 0.15) is 17.6 Å². The van der Waals surface area contributed by atoms with Gasteiger partial charge in [0.15, 0.2) is 17.7 Å². The first kappa shape index (κ1) is 18.7. The number of halogens is 1. The molecule has 2 aromatic carbocycles. The van der Waals surface area contributed by atoms with Gasteiger partial charge in [0, 0.05) is 15.7 Å². The minimum absolute atomic E-state index is 0.0167. The first-order chi connectivity index (χ1) is 12.4. The van der Waals surface area contributed by atoms with Crippen molar-refractivity contribution in [2.75, 3.05) is 12.4 Å². The van der Waals surface area contributed by atoms with E-state index >= 15 is 0 Å². The van der Waals surface area contributed by atoms with Gasteiger partial charge in [-0.1, -0.05) is 23.7 Å². The van der Waals surface area contributed by atoms with Gasteiger partial charge in [-0.3, -0.25) is 0 Å². The maximum Gasteiger partial charge on any atom is 0.271 e. The fraction of sp³-hybridized carbons (Fsp3) is 0.235. The van der Waals surface area contributed by atoms with Crippen LogP contribution < -0.4 is 14.2 Å². The number of nitriles is 1. The smallest absolute Gasteiger partial charge is 0.271 e. The van der Waals surface area contributed by atoms with Crippen LogP contribution in [0.1, 0.15) is 5.56 Å². The van der Waals surface area contributed by atoms with Gasteiger partial charge in [-0.05, 0) is 36.8 Å². The summed E-state index contributed by atoms with van der Waals surface area (Å²) in [6, 6.07) is 10.4. The third-order valence-electron chi connectivity index (χ3n) is 3.69. The van der Waals surface area contributed by atoms with Gasteiger partial charge in [0.05, 0.1) is 0 Å². The van der Waals surface area contributed by atoms with Gasteiger partial charge in [0.25, 0.3) is 10.0 Å². The normalized spacial score (nSPS) is 16.0. The molecule has 0 spiro atoms. The molecular formula is C17H15ClN2O4S2. The molecule has 0 radical (unpaired) electrons. The maximum absolute atomic E-state index is 12.3. The lowest BCUT2D eigenvalue weighted by molar-refractivity contribution is 0.107. The summed E-state index contributed by atoms with van der Waals surface area (Å²) in [5.41, 5.74) is 0.612. The van der Waals surface area contributed by atoms with Crippen LogP contribution >= 0.6 is 23.4 Å². The molecule has 0 aromatic heterocycles. The van der Waals surface area contributed by atoms with E-state index in [1.54, 1.807) is 13.0 Å². The van der Waals surface area contributed by atoms with Crippen LogP contribution in [0, 0.1) is 18.4 Å². The average Bonchev–Trinajstić information content (AvgIpc) is 2.62. The number of hydrogen-bond acceptors (Lipinski definition) is 6. The Kier molecular flexibility index (Phi) is 5.51. The molecule has 0 aliphatic carbocycles. The van der Waals surface area contributed by atoms with E-state index in [0.29, 0.717) is 39.3 Å². The molecule has 0 saturated heterocycles. The largest absolute Gasteiger partial charge is 0.486 e. The molecule has 1 aliphatic heterocycles. The Balaban J connectivity index is 1.80. The summed E-state index contributed by atoms with van der Waals surface area (Å²) in [6.07, 6.45) is 1.22. The van der Waals surface area contributed by atoms with Crippen LogP contribution in [0.25, 0.3) is 0 Å². The van der Waals surface area contributed by atoms with E-state index in [-0.39, 0.29) is 11.0 Å². The van der Waals surface area contributed by atoms with E-state index in [0.717, 1.165) is 0 Å². The van der Waals surface area contributed by atoms with Crippen molar-refractivity contribution in [1.29, 1.82) is 5.26 Å². The van der Waals surface area contributed by atoms with Gasteiger partial charge in [0.2, 0.25) is 0 Å². The number of nitrogens with zero attached hydrogens (tertiary/aromatic N) is 1. The summed E-state index contributed by atoms with van der Waals surface area (Å²) in [6.45, 7) is 2.07. The fourth-order valence-corrected chi connectivity index (χ4v) is 4.95. The molecule has 1 N–H and O–H groups in total. The SMILES string of the molecule is Cc1cc(S(=O)(=O)NC#N)c(SCC2COc3ccccc3O2)cc1Cl. The van der Waals surface area contributed by atoms with E-state index in [1.165, 1.54) is 24.0 Å². The van der Waals surface area contributed by atoms with Crippen LogP contribution in [-0.4, -0.2) is 26.9 Å². The number of nitrogens with one attached hydrogen (secondary N) is 1. The Morgan fingerprint density at radius 1 is 1.35 bits per heavy atom. The summed E-state index contributed by atoms with van der Waals surface area (Å²) in [7, 11) is -3.94. The minimum atomic E-state index is -3.94. The average molecular weight is 411 g/mol. The first-order valence-electron chi connectivity index (χ1n) is 7.63. The van der Waals surface area contributed by atoms with E-state index in [9.17, 15) is 8.42 Å². The van der Waals surface area contributed by atoms with Crippen molar-refractivity contribution in [3.05, 3.63) is 47.0 Å². The lowest BCUT2D eigenvalue weighted by atomic mass is 10.2. The highest BCUT2D eigenvalue weighted by molar-refractivity contribution is 8.00. The number of benzene rings is 2. The van der Waals surface area contributed by atoms with Gasteiger partial charge < -0.3 is 9.47 Å². The zero-order chi connectivity index (χ0) is 18.7. The fourth-order valence-electron chi connectivity index (χ4n) is 2.40. The van der Waals surface area contributed by atoms with Crippen molar-refractivity contribution >= 4 is 33.4 Å². The van der Waals surface area contributed by atoms with Crippen LogP contribution in [0.5, 0.6) is 11.5 Å².